The number of nitrogens with two attached hydrogens (primary N) is 1. The normalized spacial score (nSPS) is 31.2. The van der Waals surface area contributed by atoms with E-state index in [1.807, 2.05) is 4.90 Å². The van der Waals surface area contributed by atoms with Crippen LogP contribution in [0.5, 0.6) is 0 Å². The summed E-state index contributed by atoms with van der Waals surface area (Å²) in [5.74, 6) is 0.758. The number of carbonyl (C=O) groups excluding carboxylic acids is 1. The first-order valence-electron chi connectivity index (χ1n) is 7.63. The zero-order chi connectivity index (χ0) is 13.9. The standard InChI is InChI=1S/C15H28N2O2/c1-12-6-9-17(11-13(12)19-2)14(18)10-15(16)7-4-3-5-8-15/h12-13H,3-11,16H2,1-2H3. The number of likely N-dealkylation sites (tertiary alicyclic amines) is 1. The van der Waals surface area contributed by atoms with Crippen molar-refractivity contribution in [2.45, 2.75) is 63.5 Å². The molecule has 19 heavy (non-hydrogen) atoms. The first kappa shape index (κ1) is 14.8. The zero-order valence-corrected chi connectivity index (χ0v) is 12.4. The maximum Gasteiger partial charge on any atom is 0.224 e. The molecular weight excluding hydrogens is 240 g/mol. The molecule has 4 nitrogen and oxygen atoms in total. The molecule has 1 aliphatic heterocycles. The lowest BCUT2D eigenvalue weighted by Gasteiger charge is -2.39. The maximum atomic E-state index is 12.4. The highest BCUT2D eigenvalue weighted by atomic mass is 16.5. The van der Waals surface area contributed by atoms with E-state index in [0.717, 1.165) is 32.4 Å². The van der Waals surface area contributed by atoms with Crippen LogP contribution in [0.4, 0.5) is 0 Å². The average Bonchev–Trinajstić information content (AvgIpc) is 2.39. The number of nitrogens with zero attached hydrogens (tertiary/aromatic N) is 1. The summed E-state index contributed by atoms with van der Waals surface area (Å²) in [7, 11) is 1.74. The molecule has 2 atom stereocenters. The Morgan fingerprint density at radius 3 is 2.68 bits per heavy atom. The quantitative estimate of drug-likeness (QED) is 0.851. The van der Waals surface area contributed by atoms with Crippen molar-refractivity contribution in [2.75, 3.05) is 20.2 Å². The van der Waals surface area contributed by atoms with Gasteiger partial charge in [0.1, 0.15) is 0 Å². The largest absolute Gasteiger partial charge is 0.379 e. The minimum atomic E-state index is -0.249. The molecule has 2 fully saturated rings. The van der Waals surface area contributed by atoms with E-state index in [1.165, 1.54) is 19.3 Å². The number of rotatable bonds is 3. The third-order valence-corrected chi connectivity index (χ3v) is 4.90. The van der Waals surface area contributed by atoms with Crippen LogP contribution in [-0.4, -0.2) is 42.6 Å². The van der Waals surface area contributed by atoms with Crippen molar-refractivity contribution in [3.63, 3.8) is 0 Å². The molecule has 2 N–H and O–H groups in total. The molecule has 2 aliphatic rings. The summed E-state index contributed by atoms with van der Waals surface area (Å²) in [6, 6.07) is 0. The van der Waals surface area contributed by atoms with Crippen molar-refractivity contribution >= 4 is 5.91 Å². The Morgan fingerprint density at radius 1 is 1.37 bits per heavy atom. The molecule has 2 rings (SSSR count). The highest BCUT2D eigenvalue weighted by Gasteiger charge is 2.34. The minimum Gasteiger partial charge on any atom is -0.379 e. The molecular formula is C15H28N2O2. The van der Waals surface area contributed by atoms with Crippen LogP contribution in [0.25, 0.3) is 0 Å². The summed E-state index contributed by atoms with van der Waals surface area (Å²) in [5, 5.41) is 0. The molecule has 0 bridgehead atoms. The third-order valence-electron chi connectivity index (χ3n) is 4.90. The smallest absolute Gasteiger partial charge is 0.224 e. The summed E-state index contributed by atoms with van der Waals surface area (Å²) in [4.78, 5) is 14.4. The second-order valence-corrected chi connectivity index (χ2v) is 6.48. The molecule has 0 spiro atoms. The lowest BCUT2D eigenvalue weighted by molar-refractivity contribution is -0.137. The lowest BCUT2D eigenvalue weighted by atomic mass is 9.79. The van der Waals surface area contributed by atoms with Gasteiger partial charge in [0.05, 0.1) is 6.10 Å². The van der Waals surface area contributed by atoms with Gasteiger partial charge < -0.3 is 15.4 Å². The molecule has 4 heteroatoms. The Balaban J connectivity index is 1.89. The van der Waals surface area contributed by atoms with Crippen LogP contribution in [0.1, 0.15) is 51.9 Å². The highest BCUT2D eigenvalue weighted by Crippen LogP contribution is 2.30. The van der Waals surface area contributed by atoms with Gasteiger partial charge in [-0.2, -0.15) is 0 Å². The molecule has 1 saturated heterocycles. The van der Waals surface area contributed by atoms with Crippen molar-refractivity contribution < 1.29 is 9.53 Å². The number of carbonyl (C=O) groups is 1. The zero-order valence-electron chi connectivity index (χ0n) is 12.4. The van der Waals surface area contributed by atoms with E-state index in [4.69, 9.17) is 10.5 Å². The van der Waals surface area contributed by atoms with Gasteiger partial charge in [0.2, 0.25) is 5.91 Å². The van der Waals surface area contributed by atoms with E-state index in [0.29, 0.717) is 12.3 Å². The first-order chi connectivity index (χ1) is 9.04. The monoisotopic (exact) mass is 268 g/mol. The molecule has 0 aromatic carbocycles. The van der Waals surface area contributed by atoms with Crippen LogP contribution < -0.4 is 5.73 Å². The third kappa shape index (κ3) is 3.69. The van der Waals surface area contributed by atoms with Crippen molar-refractivity contribution in [2.24, 2.45) is 11.7 Å². The Hall–Kier alpha value is -0.610. The van der Waals surface area contributed by atoms with Crippen LogP contribution in [0.3, 0.4) is 0 Å². The summed E-state index contributed by atoms with van der Waals surface area (Å²) in [6.45, 7) is 3.78. The Morgan fingerprint density at radius 2 is 2.05 bits per heavy atom. The van der Waals surface area contributed by atoms with E-state index in [2.05, 4.69) is 6.92 Å². The molecule has 0 radical (unpaired) electrons. The van der Waals surface area contributed by atoms with Gasteiger partial charge in [0.15, 0.2) is 0 Å². The van der Waals surface area contributed by atoms with Crippen molar-refractivity contribution in [3.8, 4) is 0 Å². The van der Waals surface area contributed by atoms with Crippen molar-refractivity contribution in [1.29, 1.82) is 0 Å². The van der Waals surface area contributed by atoms with E-state index in [9.17, 15) is 4.79 Å². The Bertz CT molecular complexity index is 313. The van der Waals surface area contributed by atoms with Gasteiger partial charge >= 0.3 is 0 Å². The van der Waals surface area contributed by atoms with Gasteiger partial charge in [0, 0.05) is 32.2 Å². The molecule has 1 saturated carbocycles. The highest BCUT2D eigenvalue weighted by molar-refractivity contribution is 5.77. The topological polar surface area (TPSA) is 55.6 Å². The van der Waals surface area contributed by atoms with E-state index >= 15 is 0 Å². The summed E-state index contributed by atoms with van der Waals surface area (Å²) in [5.41, 5.74) is 6.13. The first-order valence-corrected chi connectivity index (χ1v) is 7.63. The fourth-order valence-corrected chi connectivity index (χ4v) is 3.41. The molecule has 1 heterocycles. The number of ether oxygens (including phenoxy) is 1. The van der Waals surface area contributed by atoms with Crippen LogP contribution >= 0.6 is 0 Å². The summed E-state index contributed by atoms with van der Waals surface area (Å²) >= 11 is 0. The molecule has 1 amide bonds. The van der Waals surface area contributed by atoms with E-state index < -0.39 is 0 Å². The minimum absolute atomic E-state index is 0.179. The number of methoxy groups -OCH3 is 1. The van der Waals surface area contributed by atoms with Crippen molar-refractivity contribution in [3.05, 3.63) is 0 Å². The predicted octanol–water partition coefficient (Wildman–Crippen LogP) is 1.92. The SMILES string of the molecule is COC1CN(C(=O)CC2(N)CCCCC2)CCC1C. The van der Waals surface area contributed by atoms with Gasteiger partial charge in [-0.25, -0.2) is 0 Å². The predicted molar refractivity (Wildman–Crippen MR) is 75.8 cm³/mol. The lowest BCUT2D eigenvalue weighted by Crippen LogP contribution is -2.51. The average molecular weight is 268 g/mol. The van der Waals surface area contributed by atoms with Gasteiger partial charge in [-0.05, 0) is 25.2 Å². The molecule has 110 valence electrons. The fraction of sp³-hybridized carbons (Fsp3) is 0.933. The van der Waals surface area contributed by atoms with Gasteiger partial charge in [-0.3, -0.25) is 4.79 Å². The van der Waals surface area contributed by atoms with Gasteiger partial charge in [-0.1, -0.05) is 26.2 Å². The molecule has 0 aromatic rings. The maximum absolute atomic E-state index is 12.4. The Kier molecular flexibility index (Phi) is 4.85. The van der Waals surface area contributed by atoms with Crippen molar-refractivity contribution in [1.82, 2.24) is 4.90 Å². The number of hydrogen-bond acceptors (Lipinski definition) is 3. The van der Waals surface area contributed by atoms with Crippen LogP contribution in [0.2, 0.25) is 0 Å². The second-order valence-electron chi connectivity index (χ2n) is 6.48. The Labute approximate surface area is 116 Å². The fourth-order valence-electron chi connectivity index (χ4n) is 3.41. The number of piperidine rings is 1. The van der Waals surface area contributed by atoms with E-state index in [-0.39, 0.29) is 17.6 Å². The molecule has 2 unspecified atom stereocenters. The van der Waals surface area contributed by atoms with Gasteiger partial charge in [0.25, 0.3) is 0 Å². The van der Waals surface area contributed by atoms with Gasteiger partial charge in [-0.15, -0.1) is 0 Å². The second kappa shape index (κ2) is 6.23. The van der Waals surface area contributed by atoms with E-state index in [1.54, 1.807) is 7.11 Å². The number of amides is 1. The van der Waals surface area contributed by atoms with Crippen LogP contribution in [0.15, 0.2) is 0 Å². The number of hydrogen-bond donors (Lipinski definition) is 1. The van der Waals surface area contributed by atoms with Crippen LogP contribution in [-0.2, 0) is 9.53 Å². The summed E-state index contributed by atoms with van der Waals surface area (Å²) < 4.78 is 5.47. The molecule has 1 aliphatic carbocycles. The summed E-state index contributed by atoms with van der Waals surface area (Å²) in [6.07, 6.45) is 7.31. The van der Waals surface area contributed by atoms with Crippen LogP contribution in [0, 0.1) is 5.92 Å². The molecule has 0 aromatic heterocycles.